The number of furan rings is 1. The van der Waals surface area contributed by atoms with Crippen molar-refractivity contribution in [2.24, 2.45) is 10.8 Å². The quantitative estimate of drug-likeness (QED) is 0.535. The smallest absolute Gasteiger partial charge is 0.332 e. The van der Waals surface area contributed by atoms with Crippen LogP contribution in [0.4, 0.5) is 4.79 Å². The number of urea groups is 1. The largest absolute Gasteiger partial charge is 0.455 e. The maximum Gasteiger partial charge on any atom is 0.332 e. The van der Waals surface area contributed by atoms with E-state index in [0.717, 1.165) is 10.9 Å². The molecular weight excluding hydrogens is 430 g/mol. The number of hydrogen-bond donors (Lipinski definition) is 4. The lowest BCUT2D eigenvalue weighted by molar-refractivity contribution is 0.0829. The van der Waals surface area contributed by atoms with Crippen LogP contribution in [0, 0.1) is 6.92 Å². The SMILES string of the molecule is Cc1c(C(=O)NNC(=O)c2ccc(Br)cc2)oc2c1/C(=N/NC(N)=O)CCC2. The zero-order chi connectivity index (χ0) is 20.3. The van der Waals surface area contributed by atoms with Crippen molar-refractivity contribution in [3.05, 3.63) is 56.9 Å². The van der Waals surface area contributed by atoms with Gasteiger partial charge in [0.2, 0.25) is 0 Å². The Morgan fingerprint density at radius 3 is 2.46 bits per heavy atom. The standard InChI is InChI=1S/C18H18BrN5O4/c1-9-14-12(21-24-18(20)27)3-2-4-13(14)28-15(9)17(26)23-22-16(25)10-5-7-11(19)8-6-10/h5-8H,2-4H2,1H3,(H,22,25)(H,23,26)(H3,20,24,27)/b21-12+. The van der Waals surface area contributed by atoms with Gasteiger partial charge in [0.05, 0.1) is 5.71 Å². The van der Waals surface area contributed by atoms with Gasteiger partial charge in [-0.25, -0.2) is 10.2 Å². The van der Waals surface area contributed by atoms with Crippen molar-refractivity contribution < 1.29 is 18.8 Å². The number of hydrazone groups is 1. The summed E-state index contributed by atoms with van der Waals surface area (Å²) in [6, 6.07) is 5.92. The van der Waals surface area contributed by atoms with E-state index in [2.05, 4.69) is 37.3 Å². The second-order valence-electron chi connectivity index (χ2n) is 6.16. The number of nitrogens with one attached hydrogen (secondary N) is 3. The lowest BCUT2D eigenvalue weighted by Gasteiger charge is -2.13. The number of rotatable bonds is 3. The molecule has 1 aromatic heterocycles. The van der Waals surface area contributed by atoms with Gasteiger partial charge in [0.15, 0.2) is 5.76 Å². The van der Waals surface area contributed by atoms with Crippen molar-refractivity contribution in [3.8, 4) is 0 Å². The molecule has 2 aromatic rings. The first-order chi connectivity index (χ1) is 13.4. The van der Waals surface area contributed by atoms with Crippen molar-refractivity contribution in [1.82, 2.24) is 16.3 Å². The van der Waals surface area contributed by atoms with E-state index < -0.39 is 17.8 Å². The van der Waals surface area contributed by atoms with E-state index in [9.17, 15) is 14.4 Å². The number of primary amides is 1. The fourth-order valence-corrected chi connectivity index (χ4v) is 3.23. The number of carbonyl (C=O) groups is 3. The third kappa shape index (κ3) is 4.22. The molecular formula is C18H18BrN5O4. The van der Waals surface area contributed by atoms with Crippen LogP contribution in [-0.4, -0.2) is 23.6 Å². The van der Waals surface area contributed by atoms with Gasteiger partial charge >= 0.3 is 11.9 Å². The van der Waals surface area contributed by atoms with E-state index in [0.29, 0.717) is 41.0 Å². The van der Waals surface area contributed by atoms with E-state index in [4.69, 9.17) is 10.2 Å². The number of aryl methyl sites for hydroxylation is 1. The predicted molar refractivity (Wildman–Crippen MR) is 105 cm³/mol. The molecule has 3 rings (SSSR count). The summed E-state index contributed by atoms with van der Waals surface area (Å²) in [5.41, 5.74) is 14.2. The molecule has 5 N–H and O–H groups in total. The lowest BCUT2D eigenvalue weighted by atomic mass is 9.93. The third-order valence-electron chi connectivity index (χ3n) is 4.23. The molecule has 4 amide bonds. The molecule has 0 bridgehead atoms. The van der Waals surface area contributed by atoms with Crippen molar-refractivity contribution >= 4 is 39.5 Å². The molecule has 0 aliphatic heterocycles. The first-order valence-corrected chi connectivity index (χ1v) is 9.27. The Bertz CT molecular complexity index is 965. The van der Waals surface area contributed by atoms with Crippen molar-refractivity contribution in [2.75, 3.05) is 0 Å². The highest BCUT2D eigenvalue weighted by atomic mass is 79.9. The number of nitrogens with zero attached hydrogens (tertiary/aromatic N) is 1. The number of hydrazine groups is 1. The summed E-state index contributed by atoms with van der Waals surface area (Å²) in [6.07, 6.45) is 2.03. The van der Waals surface area contributed by atoms with Gasteiger partial charge in [-0.1, -0.05) is 15.9 Å². The van der Waals surface area contributed by atoms with Gasteiger partial charge in [0.25, 0.3) is 5.91 Å². The number of hydrogen-bond acceptors (Lipinski definition) is 5. The van der Waals surface area contributed by atoms with Gasteiger partial charge in [0, 0.05) is 27.6 Å². The minimum absolute atomic E-state index is 0.0785. The van der Waals surface area contributed by atoms with Crippen LogP contribution in [0.5, 0.6) is 0 Å². The zero-order valence-corrected chi connectivity index (χ0v) is 16.6. The van der Waals surface area contributed by atoms with Gasteiger partial charge in [-0.2, -0.15) is 5.10 Å². The molecule has 1 aromatic carbocycles. The lowest BCUT2D eigenvalue weighted by Crippen LogP contribution is -2.41. The minimum Gasteiger partial charge on any atom is -0.455 e. The van der Waals surface area contributed by atoms with E-state index in [1.807, 2.05) is 0 Å². The molecule has 1 aliphatic rings. The average Bonchev–Trinajstić information content (AvgIpc) is 3.02. The van der Waals surface area contributed by atoms with Gasteiger partial charge in [-0.3, -0.25) is 20.4 Å². The first-order valence-electron chi connectivity index (χ1n) is 8.47. The Balaban J connectivity index is 1.74. The molecule has 9 nitrogen and oxygen atoms in total. The van der Waals surface area contributed by atoms with E-state index in [1.54, 1.807) is 31.2 Å². The molecule has 146 valence electrons. The number of fused-ring (bicyclic) bond motifs is 1. The molecule has 1 heterocycles. The number of benzene rings is 1. The molecule has 10 heteroatoms. The van der Waals surface area contributed by atoms with Crippen LogP contribution in [-0.2, 0) is 6.42 Å². The van der Waals surface area contributed by atoms with Crippen LogP contribution < -0.4 is 22.0 Å². The molecule has 0 saturated carbocycles. The van der Waals surface area contributed by atoms with E-state index in [1.165, 1.54) is 0 Å². The third-order valence-corrected chi connectivity index (χ3v) is 4.76. The Morgan fingerprint density at radius 2 is 1.79 bits per heavy atom. The zero-order valence-electron chi connectivity index (χ0n) is 15.0. The topological polar surface area (TPSA) is 139 Å². The second kappa shape index (κ2) is 8.26. The molecule has 28 heavy (non-hydrogen) atoms. The normalized spacial score (nSPS) is 14.3. The number of halogens is 1. The van der Waals surface area contributed by atoms with E-state index >= 15 is 0 Å². The fourth-order valence-electron chi connectivity index (χ4n) is 2.96. The number of nitrogens with two attached hydrogens (primary N) is 1. The Morgan fingerprint density at radius 1 is 1.11 bits per heavy atom. The van der Waals surface area contributed by atoms with E-state index in [-0.39, 0.29) is 5.76 Å². The Labute approximate surface area is 168 Å². The maximum atomic E-state index is 12.5. The Kier molecular flexibility index (Phi) is 5.78. The summed E-state index contributed by atoms with van der Waals surface area (Å²) >= 11 is 3.29. The van der Waals surface area contributed by atoms with Crippen LogP contribution in [0.2, 0.25) is 0 Å². The molecule has 0 atom stereocenters. The number of amides is 4. The number of carbonyl (C=O) groups excluding carboxylic acids is 3. The van der Waals surface area contributed by atoms with Crippen molar-refractivity contribution in [3.63, 3.8) is 0 Å². The molecule has 1 aliphatic carbocycles. The van der Waals surface area contributed by atoms with Crippen LogP contribution in [0.25, 0.3) is 0 Å². The van der Waals surface area contributed by atoms with Crippen LogP contribution in [0.3, 0.4) is 0 Å². The minimum atomic E-state index is -0.769. The van der Waals surface area contributed by atoms with Gasteiger partial charge in [-0.05, 0) is 44.0 Å². The monoisotopic (exact) mass is 447 g/mol. The predicted octanol–water partition coefficient (Wildman–Crippen LogP) is 2.13. The summed E-state index contributed by atoms with van der Waals surface area (Å²) in [4.78, 5) is 35.5. The summed E-state index contributed by atoms with van der Waals surface area (Å²) in [5.74, 6) is -0.352. The van der Waals surface area contributed by atoms with Crippen LogP contribution in [0.15, 0.2) is 38.3 Å². The summed E-state index contributed by atoms with van der Waals surface area (Å²) in [7, 11) is 0. The fraction of sp³-hybridized carbons (Fsp3) is 0.222. The molecule has 0 radical (unpaired) electrons. The molecule has 0 unspecified atom stereocenters. The first kappa shape index (κ1) is 19.6. The molecule has 0 fully saturated rings. The van der Waals surface area contributed by atoms with Gasteiger partial charge < -0.3 is 10.2 Å². The maximum absolute atomic E-state index is 12.5. The highest BCUT2D eigenvalue weighted by molar-refractivity contribution is 9.10. The van der Waals surface area contributed by atoms with Gasteiger partial charge in [0.1, 0.15) is 5.76 Å². The highest BCUT2D eigenvalue weighted by Gasteiger charge is 2.28. The summed E-state index contributed by atoms with van der Waals surface area (Å²) in [6.45, 7) is 1.72. The highest BCUT2D eigenvalue weighted by Crippen LogP contribution is 2.29. The second-order valence-corrected chi connectivity index (χ2v) is 7.07. The molecule has 0 saturated heterocycles. The average molecular weight is 448 g/mol. The van der Waals surface area contributed by atoms with Crippen LogP contribution >= 0.6 is 15.9 Å². The molecule has 0 spiro atoms. The summed E-state index contributed by atoms with van der Waals surface area (Å²) < 4.78 is 6.54. The van der Waals surface area contributed by atoms with Gasteiger partial charge in [-0.15, -0.1) is 0 Å². The summed E-state index contributed by atoms with van der Waals surface area (Å²) in [5, 5.41) is 4.01. The van der Waals surface area contributed by atoms with Crippen molar-refractivity contribution in [2.45, 2.75) is 26.2 Å². The van der Waals surface area contributed by atoms with Crippen molar-refractivity contribution in [1.29, 1.82) is 0 Å². The van der Waals surface area contributed by atoms with Crippen LogP contribution in [0.1, 0.15) is 50.6 Å². The Hall–Kier alpha value is -3.14.